The maximum atomic E-state index is 9.13. The zero-order chi connectivity index (χ0) is 31.4. The third-order valence-corrected chi connectivity index (χ3v) is 6.79. The second kappa shape index (κ2) is 21.4. The number of ether oxygens (including phenoxy) is 4. The van der Waals surface area contributed by atoms with Crippen LogP contribution in [0.5, 0.6) is 0 Å². The van der Waals surface area contributed by atoms with Crippen LogP contribution >= 0.6 is 0 Å². The van der Waals surface area contributed by atoms with Gasteiger partial charge >= 0.3 is 0 Å². The van der Waals surface area contributed by atoms with Gasteiger partial charge in [-0.25, -0.2) is 10.1 Å². The maximum absolute atomic E-state index is 9.13. The molecule has 0 radical (unpaired) electrons. The fraction of sp³-hybridized carbons (Fsp3) is 0.515. The van der Waals surface area contributed by atoms with Crippen molar-refractivity contribution in [2.24, 2.45) is 0 Å². The minimum atomic E-state index is 0.00463. The van der Waals surface area contributed by atoms with Crippen LogP contribution in [0, 0.1) is 17.9 Å². The molecule has 1 aliphatic rings. The monoisotopic (exact) mass is 566 g/mol. The quantitative estimate of drug-likeness (QED) is 0.218. The molecule has 8 nitrogen and oxygen atoms in total. The lowest BCUT2D eigenvalue weighted by atomic mass is 10.0. The number of methoxy groups -OCH3 is 3. The zero-order valence-corrected chi connectivity index (χ0v) is 26.9. The van der Waals surface area contributed by atoms with E-state index in [4.69, 9.17) is 30.8 Å². The van der Waals surface area contributed by atoms with Crippen molar-refractivity contribution in [2.45, 2.75) is 59.9 Å². The third kappa shape index (κ3) is 13.7. The van der Waals surface area contributed by atoms with Crippen molar-refractivity contribution in [3.63, 3.8) is 0 Å². The molecule has 0 saturated carbocycles. The van der Waals surface area contributed by atoms with Gasteiger partial charge in [-0.05, 0) is 71.6 Å². The zero-order valence-electron chi connectivity index (χ0n) is 26.9. The number of allylic oxidation sites excluding steroid dienone is 6. The van der Waals surface area contributed by atoms with E-state index in [0.717, 1.165) is 30.9 Å². The molecule has 0 fully saturated rings. The van der Waals surface area contributed by atoms with Crippen molar-refractivity contribution < 1.29 is 18.9 Å². The lowest BCUT2D eigenvalue weighted by molar-refractivity contribution is -0.0941. The van der Waals surface area contributed by atoms with Gasteiger partial charge in [0.05, 0.1) is 36.9 Å². The highest BCUT2D eigenvalue weighted by Gasteiger charge is 2.22. The molecule has 0 spiro atoms. The van der Waals surface area contributed by atoms with Crippen LogP contribution in [0.25, 0.3) is 10.9 Å². The fourth-order valence-corrected chi connectivity index (χ4v) is 3.49. The molecule has 0 amide bonds. The normalized spacial score (nSPS) is 15.9. The van der Waals surface area contributed by atoms with Gasteiger partial charge in [0.1, 0.15) is 6.10 Å². The van der Waals surface area contributed by atoms with Crippen LogP contribution in [0.15, 0.2) is 65.3 Å². The smallest absolute Gasteiger partial charge is 0.269 e. The van der Waals surface area contributed by atoms with Gasteiger partial charge < -0.3 is 28.7 Å². The summed E-state index contributed by atoms with van der Waals surface area (Å²) in [6.45, 7) is 22.6. The van der Waals surface area contributed by atoms with Crippen molar-refractivity contribution in [1.29, 1.82) is 5.26 Å². The van der Waals surface area contributed by atoms with Crippen LogP contribution in [0.3, 0.4) is 0 Å². The molecule has 1 heterocycles. The molecule has 2 unspecified atom stereocenters. The molecule has 0 bridgehead atoms. The number of hydrogen-bond donors (Lipinski definition) is 0. The lowest BCUT2D eigenvalue weighted by Crippen LogP contribution is -2.37. The Morgan fingerprint density at radius 2 is 1.54 bits per heavy atom. The minimum absolute atomic E-state index is 0.00463. The van der Waals surface area contributed by atoms with Crippen LogP contribution in [-0.2, 0) is 18.9 Å². The fourth-order valence-electron chi connectivity index (χ4n) is 3.49. The molecule has 226 valence electrons. The van der Waals surface area contributed by atoms with Crippen LogP contribution < -0.4 is 4.90 Å². The summed E-state index contributed by atoms with van der Waals surface area (Å²) in [4.78, 5) is 7.71. The van der Waals surface area contributed by atoms with Gasteiger partial charge in [0, 0.05) is 51.8 Å². The van der Waals surface area contributed by atoms with Crippen molar-refractivity contribution in [2.75, 3.05) is 60.0 Å². The molecule has 8 heteroatoms. The average molecular weight is 567 g/mol. The molecular weight excluding hydrogens is 516 g/mol. The summed E-state index contributed by atoms with van der Waals surface area (Å²) in [5.74, 6) is 0.658. The molecule has 41 heavy (non-hydrogen) atoms. The molecule has 2 rings (SSSR count). The van der Waals surface area contributed by atoms with Crippen molar-refractivity contribution in [1.82, 2.24) is 4.90 Å². The van der Waals surface area contributed by atoms with E-state index in [0.29, 0.717) is 16.9 Å². The molecule has 0 N–H and O–H groups in total. The summed E-state index contributed by atoms with van der Waals surface area (Å²) in [5.41, 5.74) is 3.57. The summed E-state index contributed by atoms with van der Waals surface area (Å²) in [6, 6.07) is 10.1. The molecular formula is C33H50N4O4. The lowest BCUT2D eigenvalue weighted by Gasteiger charge is -2.26. The Bertz CT molecular complexity index is 1060. The third-order valence-electron chi connectivity index (χ3n) is 6.79. The Balaban J connectivity index is 0.000000779. The Labute approximate surface area is 249 Å². The molecule has 2 atom stereocenters. The second-order valence-corrected chi connectivity index (χ2v) is 9.44. The number of nitrogens with zero attached hydrogens (tertiary/aromatic N) is 4. The predicted octanol–water partition coefficient (Wildman–Crippen LogP) is 6.70. The number of anilines is 1. The molecule has 0 aromatic heterocycles. The number of hydrogen-bond acceptors (Lipinski definition) is 7. The van der Waals surface area contributed by atoms with Gasteiger partial charge in [-0.15, -0.1) is 0 Å². The first-order valence-corrected chi connectivity index (χ1v) is 13.9. The summed E-state index contributed by atoms with van der Waals surface area (Å²) in [6.07, 6.45) is 7.23. The largest absolute Gasteiger partial charge is 0.469 e. The standard InChI is InChI=1S/C20H19N3O.C8H18O3.C5H13N/c1-5-23(4)18-10-7-16(8-11-18)6-9-17-14-24-15(2)12-19(17)20(13-21)22-3;1-6(9-3)8(11-5)7(2)10-4;1-4-6(3)5-2/h6-12,14H,5H2,1-2,4H3;6-8H,1-5H3;4-5H2,1-3H3/b9-6+,20-19-;;. The Kier molecular flexibility index (Phi) is 19.6. The highest BCUT2D eigenvalue weighted by molar-refractivity contribution is 5.63. The summed E-state index contributed by atoms with van der Waals surface area (Å²) in [7, 11) is 9.16. The van der Waals surface area contributed by atoms with Gasteiger partial charge in [-0.1, -0.05) is 38.1 Å². The van der Waals surface area contributed by atoms with Gasteiger partial charge in [0.25, 0.3) is 5.70 Å². The Morgan fingerprint density at radius 1 is 0.976 bits per heavy atom. The first-order valence-electron chi connectivity index (χ1n) is 13.9. The van der Waals surface area contributed by atoms with Crippen LogP contribution in [-0.4, -0.2) is 78.3 Å². The molecule has 0 saturated heterocycles. The first-order chi connectivity index (χ1) is 19.6. The van der Waals surface area contributed by atoms with E-state index in [2.05, 4.69) is 61.6 Å². The average Bonchev–Trinajstić information content (AvgIpc) is 3.01. The second-order valence-electron chi connectivity index (χ2n) is 9.44. The van der Waals surface area contributed by atoms with Crippen molar-refractivity contribution in [3.8, 4) is 6.07 Å². The maximum Gasteiger partial charge on any atom is 0.269 e. The highest BCUT2D eigenvalue weighted by atomic mass is 16.6. The summed E-state index contributed by atoms with van der Waals surface area (Å²) in [5, 5.41) is 9.13. The molecule has 0 aliphatic carbocycles. The predicted molar refractivity (Wildman–Crippen MR) is 169 cm³/mol. The van der Waals surface area contributed by atoms with Crippen LogP contribution in [0.1, 0.15) is 47.1 Å². The van der Waals surface area contributed by atoms with Crippen molar-refractivity contribution in [3.05, 3.63) is 82.3 Å². The van der Waals surface area contributed by atoms with Crippen molar-refractivity contribution >= 4 is 11.8 Å². The van der Waals surface area contributed by atoms with Gasteiger partial charge in [-0.3, -0.25) is 0 Å². The topological polar surface area (TPSA) is 71.5 Å². The first kappa shape index (κ1) is 37.6. The summed E-state index contributed by atoms with van der Waals surface area (Å²) < 4.78 is 20.9. The Hall–Kier alpha value is -3.40. The molecule has 1 aliphatic heterocycles. The van der Waals surface area contributed by atoms with Crippen LogP contribution in [0.2, 0.25) is 0 Å². The van der Waals surface area contributed by atoms with E-state index in [9.17, 15) is 0 Å². The highest BCUT2D eigenvalue weighted by Crippen LogP contribution is 2.26. The molecule has 1 aromatic rings. The van der Waals surface area contributed by atoms with E-state index in [1.807, 2.05) is 44.2 Å². The van der Waals surface area contributed by atoms with E-state index in [1.54, 1.807) is 40.6 Å². The van der Waals surface area contributed by atoms with Gasteiger partial charge in [0.2, 0.25) is 0 Å². The van der Waals surface area contributed by atoms with E-state index < -0.39 is 0 Å². The van der Waals surface area contributed by atoms with Gasteiger partial charge in [-0.2, -0.15) is 0 Å². The number of nitriles is 1. The van der Waals surface area contributed by atoms with E-state index in [1.165, 1.54) is 0 Å². The van der Waals surface area contributed by atoms with Crippen LogP contribution in [0.4, 0.5) is 5.69 Å². The van der Waals surface area contributed by atoms with Gasteiger partial charge in [0.15, 0.2) is 0 Å². The number of rotatable bonds is 11. The molecule has 1 aromatic carbocycles. The van der Waals surface area contributed by atoms with E-state index >= 15 is 0 Å². The summed E-state index contributed by atoms with van der Waals surface area (Å²) >= 11 is 0. The minimum Gasteiger partial charge on any atom is -0.469 e. The Morgan fingerprint density at radius 3 is 1.93 bits per heavy atom. The van der Waals surface area contributed by atoms with E-state index in [-0.39, 0.29) is 24.0 Å². The SMILES string of the molecule is CCN(C)CC.COC(C)C(OC)C(C)OC.[C-]#[N+]/C(C#N)=C1/C=C(C)OC=C1/C=C/c1ccc(N(C)CC)cc1. The number of benzene rings is 1.